The maximum atomic E-state index is 9.18. The molecule has 3 rings (SSSR count). The summed E-state index contributed by atoms with van der Waals surface area (Å²) in [5.41, 5.74) is 14.6. The van der Waals surface area contributed by atoms with E-state index in [1.807, 2.05) is 24.3 Å². The van der Waals surface area contributed by atoms with Gasteiger partial charge >= 0.3 is 0 Å². The van der Waals surface area contributed by atoms with Gasteiger partial charge in [0.05, 0.1) is 6.61 Å². The summed E-state index contributed by atoms with van der Waals surface area (Å²) in [6.07, 6.45) is 1.61. The fourth-order valence-electron chi connectivity index (χ4n) is 2.15. The molecule has 0 spiro atoms. The lowest BCUT2D eigenvalue weighted by Gasteiger charge is -2.11. The number of benzene rings is 1. The number of aliphatic hydroxyl groups excluding tert-OH is 1. The number of nitrogens with two attached hydrogens (primary N) is 2. The summed E-state index contributed by atoms with van der Waals surface area (Å²) in [5.74, 6) is 1.08. The van der Waals surface area contributed by atoms with Gasteiger partial charge in [-0.2, -0.15) is 5.10 Å². The fourth-order valence-corrected chi connectivity index (χ4v) is 2.15. The van der Waals surface area contributed by atoms with E-state index in [0.29, 0.717) is 29.6 Å². The molecule has 0 aliphatic carbocycles. The Balaban J connectivity index is 1.84. The molecule has 0 fully saturated rings. The van der Waals surface area contributed by atoms with Gasteiger partial charge in [0.2, 0.25) is 0 Å². The first kappa shape index (κ1) is 14.8. The molecule has 0 radical (unpaired) electrons. The van der Waals surface area contributed by atoms with Crippen LogP contribution in [0.15, 0.2) is 36.5 Å². The minimum absolute atomic E-state index is 0.000403. The molecule has 0 aliphatic rings. The highest BCUT2D eigenvalue weighted by molar-refractivity contribution is 5.75. The topological polar surface area (TPSA) is 139 Å². The van der Waals surface area contributed by atoms with Crippen molar-refractivity contribution in [2.24, 2.45) is 0 Å². The molecule has 0 saturated carbocycles. The molecule has 7 N–H and O–H groups in total. The molecule has 0 atom stereocenters. The second kappa shape index (κ2) is 6.32. The van der Waals surface area contributed by atoms with E-state index in [0.717, 1.165) is 11.1 Å². The molecule has 8 nitrogen and oxygen atoms in total. The summed E-state index contributed by atoms with van der Waals surface area (Å²) < 4.78 is 0. The molecule has 0 aliphatic heterocycles. The van der Waals surface area contributed by atoms with Crippen LogP contribution < -0.4 is 16.8 Å². The molecule has 0 saturated heterocycles. The molecule has 0 bridgehead atoms. The van der Waals surface area contributed by atoms with Crippen LogP contribution in [0.2, 0.25) is 0 Å². The van der Waals surface area contributed by atoms with E-state index >= 15 is 0 Å². The van der Waals surface area contributed by atoms with Crippen LogP contribution in [0.1, 0.15) is 11.1 Å². The highest BCUT2D eigenvalue weighted by Gasteiger charge is 2.11. The summed E-state index contributed by atoms with van der Waals surface area (Å²) in [7, 11) is 0. The van der Waals surface area contributed by atoms with Crippen molar-refractivity contribution in [1.82, 2.24) is 20.2 Å². The van der Waals surface area contributed by atoms with Crippen LogP contribution in [0.25, 0.3) is 11.5 Å². The second-order valence-corrected chi connectivity index (χ2v) is 5.00. The normalized spacial score (nSPS) is 10.7. The number of H-pyrrole nitrogens is 1. The second-order valence-electron chi connectivity index (χ2n) is 5.00. The highest BCUT2D eigenvalue weighted by atomic mass is 16.3. The first-order chi connectivity index (χ1) is 11.2. The minimum atomic E-state index is 0.000403. The van der Waals surface area contributed by atoms with Gasteiger partial charge in [-0.1, -0.05) is 24.3 Å². The third kappa shape index (κ3) is 3.22. The van der Waals surface area contributed by atoms with Crippen LogP contribution in [0, 0.1) is 0 Å². The van der Waals surface area contributed by atoms with E-state index < -0.39 is 0 Å². The van der Waals surface area contributed by atoms with Crippen molar-refractivity contribution in [2.75, 3.05) is 16.8 Å². The van der Waals surface area contributed by atoms with Crippen molar-refractivity contribution in [3.05, 3.63) is 47.7 Å². The lowest BCUT2D eigenvalue weighted by atomic mass is 10.1. The van der Waals surface area contributed by atoms with E-state index in [2.05, 4.69) is 25.5 Å². The lowest BCUT2D eigenvalue weighted by molar-refractivity contribution is 0.281. The lowest BCUT2D eigenvalue weighted by Crippen LogP contribution is -2.10. The maximum absolute atomic E-state index is 9.18. The number of hydrogen-bond acceptors (Lipinski definition) is 7. The van der Waals surface area contributed by atoms with Gasteiger partial charge in [0, 0.05) is 12.7 Å². The van der Waals surface area contributed by atoms with Gasteiger partial charge in [-0.05, 0) is 17.2 Å². The predicted molar refractivity (Wildman–Crippen MR) is 88.1 cm³/mol. The van der Waals surface area contributed by atoms with E-state index in [9.17, 15) is 5.11 Å². The summed E-state index contributed by atoms with van der Waals surface area (Å²) in [4.78, 5) is 8.54. The van der Waals surface area contributed by atoms with Crippen molar-refractivity contribution in [1.29, 1.82) is 0 Å². The quantitative estimate of drug-likeness (QED) is 0.476. The van der Waals surface area contributed by atoms with Crippen LogP contribution in [0.5, 0.6) is 0 Å². The zero-order valence-corrected chi connectivity index (χ0v) is 12.3. The monoisotopic (exact) mass is 311 g/mol. The Morgan fingerprint density at radius 3 is 2.70 bits per heavy atom. The van der Waals surface area contributed by atoms with Gasteiger partial charge in [0.15, 0.2) is 17.5 Å². The summed E-state index contributed by atoms with van der Waals surface area (Å²) >= 11 is 0. The Kier molecular flexibility index (Phi) is 4.07. The van der Waals surface area contributed by atoms with Crippen molar-refractivity contribution in [3.8, 4) is 11.5 Å². The number of anilines is 3. The molecule has 23 heavy (non-hydrogen) atoms. The third-order valence-corrected chi connectivity index (χ3v) is 3.35. The van der Waals surface area contributed by atoms with Crippen molar-refractivity contribution in [3.63, 3.8) is 0 Å². The molecular formula is C15H17N7O. The summed E-state index contributed by atoms with van der Waals surface area (Å²) in [5, 5.41) is 19.0. The van der Waals surface area contributed by atoms with E-state index in [4.69, 9.17) is 11.5 Å². The van der Waals surface area contributed by atoms with Crippen molar-refractivity contribution >= 4 is 17.3 Å². The maximum Gasteiger partial charge on any atom is 0.181 e. The van der Waals surface area contributed by atoms with Gasteiger partial charge in [0.1, 0.15) is 11.4 Å². The molecule has 2 aromatic heterocycles. The Bertz CT molecular complexity index is 802. The van der Waals surface area contributed by atoms with Gasteiger partial charge < -0.3 is 21.9 Å². The van der Waals surface area contributed by atoms with Crippen LogP contribution >= 0.6 is 0 Å². The molecule has 0 unspecified atom stereocenters. The van der Waals surface area contributed by atoms with Gasteiger partial charge in [-0.3, -0.25) is 5.10 Å². The van der Waals surface area contributed by atoms with Gasteiger partial charge in [-0.15, -0.1) is 0 Å². The SMILES string of the molecule is Nc1nc(-c2ccn[nH]2)nc(NCc2cccc(CO)c2)c1N. The van der Waals surface area contributed by atoms with Crippen LogP contribution in [-0.2, 0) is 13.2 Å². The average Bonchev–Trinajstić information content (AvgIpc) is 3.11. The molecule has 3 aromatic rings. The van der Waals surface area contributed by atoms with Crippen LogP contribution in [0.4, 0.5) is 17.3 Å². The molecular weight excluding hydrogens is 294 g/mol. The summed E-state index contributed by atoms with van der Waals surface area (Å²) in [6, 6.07) is 9.35. The average molecular weight is 311 g/mol. The number of nitrogen functional groups attached to an aromatic ring is 2. The molecule has 2 heterocycles. The molecule has 8 heteroatoms. The minimum Gasteiger partial charge on any atom is -0.393 e. The van der Waals surface area contributed by atoms with Crippen LogP contribution in [-0.4, -0.2) is 25.3 Å². The number of hydrogen-bond donors (Lipinski definition) is 5. The van der Waals surface area contributed by atoms with Gasteiger partial charge in [-0.25, -0.2) is 9.97 Å². The Morgan fingerprint density at radius 2 is 1.96 bits per heavy atom. The van der Waals surface area contributed by atoms with E-state index in [1.54, 1.807) is 12.3 Å². The third-order valence-electron chi connectivity index (χ3n) is 3.35. The van der Waals surface area contributed by atoms with Gasteiger partial charge in [0.25, 0.3) is 0 Å². The summed E-state index contributed by atoms with van der Waals surface area (Å²) in [6.45, 7) is 0.497. The number of rotatable bonds is 5. The Labute approximate surface area is 132 Å². The van der Waals surface area contributed by atoms with Crippen molar-refractivity contribution in [2.45, 2.75) is 13.2 Å². The number of nitrogens with zero attached hydrogens (tertiary/aromatic N) is 3. The highest BCUT2D eigenvalue weighted by Crippen LogP contribution is 2.25. The number of aromatic amines is 1. The van der Waals surface area contributed by atoms with E-state index in [-0.39, 0.29) is 12.4 Å². The van der Waals surface area contributed by atoms with Crippen molar-refractivity contribution < 1.29 is 5.11 Å². The first-order valence-electron chi connectivity index (χ1n) is 7.02. The number of nitrogens with one attached hydrogen (secondary N) is 2. The Morgan fingerprint density at radius 1 is 1.13 bits per heavy atom. The van der Waals surface area contributed by atoms with E-state index in [1.165, 1.54) is 0 Å². The standard InChI is InChI=1S/C15H17N7O/c16-12-13(17)20-14(11-4-5-19-22-11)21-15(12)18-7-9-2-1-3-10(6-9)8-23/h1-6,23H,7-8,16H2,(H,19,22)(H3,17,18,20,21). The van der Waals surface area contributed by atoms with Crippen LogP contribution in [0.3, 0.4) is 0 Å². The largest absolute Gasteiger partial charge is 0.393 e. The molecule has 118 valence electrons. The predicted octanol–water partition coefficient (Wildman–Crippen LogP) is 1.14. The zero-order valence-electron chi connectivity index (χ0n) is 12.3. The number of aromatic nitrogens is 4. The first-order valence-corrected chi connectivity index (χ1v) is 7.02. The Hall–Kier alpha value is -3.13. The molecule has 1 aromatic carbocycles. The fraction of sp³-hybridized carbons (Fsp3) is 0.133. The molecule has 0 amide bonds. The zero-order chi connectivity index (χ0) is 16.2. The number of aliphatic hydroxyl groups is 1. The smallest absolute Gasteiger partial charge is 0.181 e.